The van der Waals surface area contributed by atoms with Crippen molar-refractivity contribution >= 4 is 26.8 Å². The van der Waals surface area contributed by atoms with E-state index in [0.29, 0.717) is 6.04 Å². The summed E-state index contributed by atoms with van der Waals surface area (Å²) in [7, 11) is 0. The minimum atomic E-state index is -0.0813. The lowest BCUT2D eigenvalue weighted by Gasteiger charge is -2.27. The van der Waals surface area contributed by atoms with Crippen molar-refractivity contribution in [3.05, 3.63) is 34.9 Å². The number of rotatable bonds is 1. The Labute approximate surface area is 109 Å². The predicted molar refractivity (Wildman–Crippen MR) is 73.1 cm³/mol. The Morgan fingerprint density at radius 1 is 1.12 bits per heavy atom. The van der Waals surface area contributed by atoms with Crippen LogP contribution in [0.15, 0.2) is 34.9 Å². The van der Waals surface area contributed by atoms with Crippen LogP contribution in [0.25, 0.3) is 10.9 Å². The molecule has 2 aromatic rings. The number of aliphatic hydroxyl groups is 1. The maximum atomic E-state index is 9.56. The van der Waals surface area contributed by atoms with Crippen LogP contribution in [-0.4, -0.2) is 15.8 Å². The average molecular weight is 294 g/mol. The molecule has 1 aliphatic rings. The van der Waals surface area contributed by atoms with Crippen LogP contribution in [0.3, 0.4) is 0 Å². The molecule has 1 saturated carbocycles. The molecule has 90 valence electrons. The van der Waals surface area contributed by atoms with Gasteiger partial charge in [-0.05, 0) is 49.9 Å². The Bertz CT molecular complexity index is 526. The minimum absolute atomic E-state index is 0.0813. The van der Waals surface area contributed by atoms with E-state index in [1.165, 1.54) is 10.9 Å². The first-order valence-electron chi connectivity index (χ1n) is 6.18. The van der Waals surface area contributed by atoms with Crippen molar-refractivity contribution in [2.75, 3.05) is 0 Å². The van der Waals surface area contributed by atoms with Gasteiger partial charge in [0.05, 0.1) is 6.10 Å². The molecule has 1 N–H and O–H groups in total. The van der Waals surface area contributed by atoms with Crippen molar-refractivity contribution in [3.8, 4) is 0 Å². The Balaban J connectivity index is 1.95. The number of hydrogen-bond acceptors (Lipinski definition) is 1. The number of benzene rings is 1. The Morgan fingerprint density at radius 3 is 2.65 bits per heavy atom. The summed E-state index contributed by atoms with van der Waals surface area (Å²) in [6.45, 7) is 0. The van der Waals surface area contributed by atoms with Crippen LogP contribution >= 0.6 is 15.9 Å². The summed E-state index contributed by atoms with van der Waals surface area (Å²) in [5.41, 5.74) is 1.30. The molecule has 0 radical (unpaired) electrons. The molecule has 0 bridgehead atoms. The smallest absolute Gasteiger partial charge is 0.0541 e. The summed E-state index contributed by atoms with van der Waals surface area (Å²) in [6.07, 6.45) is 6.13. The molecule has 1 aliphatic carbocycles. The number of nitrogens with zero attached hydrogens (tertiary/aromatic N) is 1. The van der Waals surface area contributed by atoms with Crippen LogP contribution in [0, 0.1) is 0 Å². The monoisotopic (exact) mass is 293 g/mol. The highest BCUT2D eigenvalue weighted by Gasteiger charge is 2.21. The summed E-state index contributed by atoms with van der Waals surface area (Å²) in [6, 6.07) is 9.15. The van der Waals surface area contributed by atoms with E-state index in [0.717, 1.165) is 30.2 Å². The van der Waals surface area contributed by atoms with Gasteiger partial charge in [0.1, 0.15) is 0 Å². The molecular formula is C14H16BrNO. The number of halogens is 1. The second-order valence-corrected chi connectivity index (χ2v) is 5.80. The lowest BCUT2D eigenvalue weighted by molar-refractivity contribution is 0.111. The maximum absolute atomic E-state index is 9.56. The molecule has 1 aromatic heterocycles. The maximum Gasteiger partial charge on any atom is 0.0541 e. The van der Waals surface area contributed by atoms with E-state index in [2.05, 4.69) is 51.0 Å². The van der Waals surface area contributed by atoms with Gasteiger partial charge in [0.2, 0.25) is 0 Å². The molecule has 0 spiro atoms. The van der Waals surface area contributed by atoms with Crippen LogP contribution in [0.1, 0.15) is 31.7 Å². The topological polar surface area (TPSA) is 25.2 Å². The van der Waals surface area contributed by atoms with E-state index in [9.17, 15) is 5.11 Å². The van der Waals surface area contributed by atoms with Crippen LogP contribution < -0.4 is 0 Å². The molecule has 17 heavy (non-hydrogen) atoms. The molecule has 1 fully saturated rings. The van der Waals surface area contributed by atoms with Gasteiger partial charge < -0.3 is 9.67 Å². The largest absolute Gasteiger partial charge is 0.393 e. The molecular weight excluding hydrogens is 278 g/mol. The normalized spacial score (nSPS) is 25.3. The van der Waals surface area contributed by atoms with Crippen molar-refractivity contribution in [1.29, 1.82) is 0 Å². The van der Waals surface area contributed by atoms with E-state index in [1.807, 2.05) is 0 Å². The van der Waals surface area contributed by atoms with Crippen molar-refractivity contribution in [2.24, 2.45) is 0 Å². The highest BCUT2D eigenvalue weighted by molar-refractivity contribution is 9.10. The fraction of sp³-hybridized carbons (Fsp3) is 0.429. The molecule has 0 saturated heterocycles. The Morgan fingerprint density at radius 2 is 1.88 bits per heavy atom. The Hall–Kier alpha value is -0.800. The van der Waals surface area contributed by atoms with E-state index in [1.54, 1.807) is 0 Å². The van der Waals surface area contributed by atoms with Crippen molar-refractivity contribution in [3.63, 3.8) is 0 Å². The summed E-state index contributed by atoms with van der Waals surface area (Å²) >= 11 is 3.50. The molecule has 3 rings (SSSR count). The SMILES string of the molecule is O[C@H]1CC[C@@H](n2ccc3cc(Br)ccc32)CC1. The van der Waals surface area contributed by atoms with Crippen molar-refractivity contribution in [1.82, 2.24) is 4.57 Å². The van der Waals surface area contributed by atoms with E-state index < -0.39 is 0 Å². The van der Waals surface area contributed by atoms with Gasteiger partial charge >= 0.3 is 0 Å². The Kier molecular flexibility index (Phi) is 2.97. The zero-order valence-corrected chi connectivity index (χ0v) is 11.2. The highest BCUT2D eigenvalue weighted by atomic mass is 79.9. The average Bonchev–Trinajstić information content (AvgIpc) is 2.73. The first kappa shape index (κ1) is 11.3. The first-order valence-corrected chi connectivity index (χ1v) is 6.97. The van der Waals surface area contributed by atoms with Gasteiger partial charge in [-0.1, -0.05) is 15.9 Å². The fourth-order valence-electron chi connectivity index (χ4n) is 2.79. The second kappa shape index (κ2) is 4.46. The minimum Gasteiger partial charge on any atom is -0.393 e. The third-order valence-corrected chi connectivity index (χ3v) is 4.24. The molecule has 2 nitrogen and oxygen atoms in total. The molecule has 3 heteroatoms. The fourth-order valence-corrected chi connectivity index (χ4v) is 3.17. The molecule has 0 unspecified atom stereocenters. The lowest BCUT2D eigenvalue weighted by Crippen LogP contribution is -2.20. The standard InChI is InChI=1S/C14H16BrNO/c15-11-1-6-14-10(9-11)7-8-16(14)12-2-4-13(17)5-3-12/h1,6-9,12-13,17H,2-5H2/t12-,13+. The zero-order chi connectivity index (χ0) is 11.8. The van der Waals surface area contributed by atoms with Gasteiger partial charge in [-0.15, -0.1) is 0 Å². The summed E-state index contributed by atoms with van der Waals surface area (Å²) in [5.74, 6) is 0. The van der Waals surface area contributed by atoms with E-state index >= 15 is 0 Å². The third-order valence-electron chi connectivity index (χ3n) is 3.74. The number of aliphatic hydroxyl groups excluding tert-OH is 1. The van der Waals surface area contributed by atoms with Crippen LogP contribution in [0.4, 0.5) is 0 Å². The highest BCUT2D eigenvalue weighted by Crippen LogP contribution is 2.32. The molecule has 0 atom stereocenters. The number of hydrogen-bond donors (Lipinski definition) is 1. The third kappa shape index (κ3) is 2.14. The predicted octanol–water partition coefficient (Wildman–Crippen LogP) is 3.88. The van der Waals surface area contributed by atoms with Gasteiger partial charge in [0, 0.05) is 27.6 Å². The quantitative estimate of drug-likeness (QED) is 0.848. The van der Waals surface area contributed by atoms with Crippen molar-refractivity contribution in [2.45, 2.75) is 37.8 Å². The van der Waals surface area contributed by atoms with E-state index in [4.69, 9.17) is 0 Å². The number of aromatic nitrogens is 1. The molecule has 1 heterocycles. The van der Waals surface area contributed by atoms with Gasteiger partial charge in [-0.3, -0.25) is 0 Å². The number of fused-ring (bicyclic) bond motifs is 1. The van der Waals surface area contributed by atoms with Gasteiger partial charge in [-0.2, -0.15) is 0 Å². The van der Waals surface area contributed by atoms with Crippen LogP contribution in [0.5, 0.6) is 0 Å². The van der Waals surface area contributed by atoms with Gasteiger partial charge in [0.25, 0.3) is 0 Å². The first-order chi connectivity index (χ1) is 8.24. The molecule has 1 aromatic carbocycles. The summed E-state index contributed by atoms with van der Waals surface area (Å²) in [4.78, 5) is 0. The van der Waals surface area contributed by atoms with E-state index in [-0.39, 0.29) is 6.10 Å². The van der Waals surface area contributed by atoms with Crippen molar-refractivity contribution < 1.29 is 5.11 Å². The van der Waals surface area contributed by atoms with Crippen LogP contribution in [-0.2, 0) is 0 Å². The molecule has 0 amide bonds. The zero-order valence-electron chi connectivity index (χ0n) is 9.64. The summed E-state index contributed by atoms with van der Waals surface area (Å²) in [5, 5.41) is 10.8. The molecule has 0 aliphatic heterocycles. The van der Waals surface area contributed by atoms with Gasteiger partial charge in [-0.25, -0.2) is 0 Å². The second-order valence-electron chi connectivity index (χ2n) is 4.89. The van der Waals surface area contributed by atoms with Gasteiger partial charge in [0.15, 0.2) is 0 Å². The van der Waals surface area contributed by atoms with Crippen LogP contribution in [0.2, 0.25) is 0 Å². The lowest BCUT2D eigenvalue weighted by atomic mass is 9.93. The summed E-state index contributed by atoms with van der Waals surface area (Å²) < 4.78 is 3.50.